The molecule has 0 aliphatic rings. The highest BCUT2D eigenvalue weighted by Crippen LogP contribution is 2.45. The van der Waals surface area contributed by atoms with E-state index in [0.29, 0.717) is 0 Å². The summed E-state index contributed by atoms with van der Waals surface area (Å²) in [5.74, 6) is 0. The van der Waals surface area contributed by atoms with Crippen LogP contribution >= 0.6 is 0 Å². The third kappa shape index (κ3) is 4.16. The average Bonchev–Trinajstić information content (AvgIpc) is 3.14. The third-order valence-electron chi connectivity index (χ3n) is 10.1. The molecule has 10 aromatic rings. The zero-order valence-electron chi connectivity index (χ0n) is 26.3. The third-order valence-corrected chi connectivity index (χ3v) is 10.1. The molecule has 0 heterocycles. The standard InChI is InChI=1S/C48H30/c1-7-19-40-31(13-1)25-32-14-2-8-20-41(32)46(40)37-28-38(47-42-21-9-3-15-33(42)26-34-16-4-10-22-43(34)47)30-39(29-37)48-44-23-11-5-17-35(44)27-36-18-6-12-24-45(36)48/h1-30H. The van der Waals surface area contributed by atoms with Crippen LogP contribution in [0.3, 0.4) is 0 Å². The Labute approximate surface area is 279 Å². The van der Waals surface area contributed by atoms with Crippen LogP contribution < -0.4 is 0 Å². The van der Waals surface area contributed by atoms with Crippen molar-refractivity contribution in [1.82, 2.24) is 0 Å². The van der Waals surface area contributed by atoms with Crippen molar-refractivity contribution in [2.45, 2.75) is 0 Å². The van der Waals surface area contributed by atoms with Crippen LogP contribution in [0.15, 0.2) is 182 Å². The summed E-state index contributed by atoms with van der Waals surface area (Å²) in [7, 11) is 0. The second kappa shape index (κ2) is 10.7. The molecular weight excluding hydrogens is 577 g/mol. The van der Waals surface area contributed by atoms with Gasteiger partial charge in [-0.3, -0.25) is 0 Å². The van der Waals surface area contributed by atoms with Gasteiger partial charge < -0.3 is 0 Å². The highest BCUT2D eigenvalue weighted by atomic mass is 14.2. The number of hydrogen-bond acceptors (Lipinski definition) is 0. The van der Waals surface area contributed by atoms with Crippen molar-refractivity contribution in [2.24, 2.45) is 0 Å². The Hall–Kier alpha value is -6.24. The summed E-state index contributed by atoms with van der Waals surface area (Å²) in [6.07, 6.45) is 0. The molecule has 0 fully saturated rings. The molecule has 0 amide bonds. The molecule has 0 heteroatoms. The van der Waals surface area contributed by atoms with Gasteiger partial charge in [0.25, 0.3) is 0 Å². The van der Waals surface area contributed by atoms with Crippen molar-refractivity contribution in [2.75, 3.05) is 0 Å². The minimum atomic E-state index is 1.23. The maximum Gasteiger partial charge on any atom is -0.00264 e. The minimum absolute atomic E-state index is 1.23. The summed E-state index contributed by atoms with van der Waals surface area (Å²) in [4.78, 5) is 0. The quantitative estimate of drug-likeness (QED) is 0.176. The largest absolute Gasteiger partial charge is 0.0616 e. The second-order valence-electron chi connectivity index (χ2n) is 12.9. The van der Waals surface area contributed by atoms with Gasteiger partial charge in [-0.25, -0.2) is 0 Å². The molecule has 0 nitrogen and oxygen atoms in total. The number of benzene rings is 10. The minimum Gasteiger partial charge on any atom is -0.0616 e. The SMILES string of the molecule is c1ccc2c(-c3cc(-c4c5ccccc5cc5ccccc45)cc(-c4c5ccccc5cc5ccccc45)c3)c3ccccc3cc2c1. The summed E-state index contributed by atoms with van der Waals surface area (Å²) < 4.78 is 0. The Morgan fingerprint density at radius 3 is 0.583 bits per heavy atom. The molecule has 0 atom stereocenters. The number of fused-ring (bicyclic) bond motifs is 6. The second-order valence-corrected chi connectivity index (χ2v) is 12.9. The average molecular weight is 607 g/mol. The van der Waals surface area contributed by atoms with Crippen LogP contribution in [0.25, 0.3) is 98.0 Å². The normalized spacial score (nSPS) is 11.8. The van der Waals surface area contributed by atoms with Crippen molar-refractivity contribution < 1.29 is 0 Å². The molecule has 0 spiro atoms. The van der Waals surface area contributed by atoms with Gasteiger partial charge >= 0.3 is 0 Å². The molecular formula is C48H30. The summed E-state index contributed by atoms with van der Waals surface area (Å²) in [5.41, 5.74) is 7.52. The predicted octanol–water partition coefficient (Wildman–Crippen LogP) is 13.6. The smallest absolute Gasteiger partial charge is 0.00264 e. The van der Waals surface area contributed by atoms with Crippen LogP contribution in [0.1, 0.15) is 0 Å². The Kier molecular flexibility index (Phi) is 5.98. The lowest BCUT2D eigenvalue weighted by molar-refractivity contribution is 1.63. The first-order chi connectivity index (χ1) is 23.8. The summed E-state index contributed by atoms with van der Waals surface area (Å²) >= 11 is 0. The first-order valence-corrected chi connectivity index (χ1v) is 16.7. The predicted molar refractivity (Wildman–Crippen MR) is 208 cm³/mol. The lowest BCUT2D eigenvalue weighted by Gasteiger charge is -2.19. The van der Waals surface area contributed by atoms with Crippen molar-refractivity contribution in [3.8, 4) is 33.4 Å². The molecule has 0 radical (unpaired) electrons. The fraction of sp³-hybridized carbons (Fsp3) is 0. The maximum absolute atomic E-state index is 2.44. The van der Waals surface area contributed by atoms with Crippen LogP contribution in [0.5, 0.6) is 0 Å². The fourth-order valence-corrected chi connectivity index (χ4v) is 8.03. The van der Waals surface area contributed by atoms with Gasteiger partial charge in [0, 0.05) is 0 Å². The molecule has 0 aromatic heterocycles. The van der Waals surface area contributed by atoms with Crippen molar-refractivity contribution in [3.05, 3.63) is 182 Å². The van der Waals surface area contributed by atoms with Gasteiger partial charge in [-0.05, 0) is 134 Å². The van der Waals surface area contributed by atoms with Crippen LogP contribution in [0.4, 0.5) is 0 Å². The first-order valence-electron chi connectivity index (χ1n) is 16.7. The van der Waals surface area contributed by atoms with E-state index in [2.05, 4.69) is 182 Å². The van der Waals surface area contributed by atoms with Crippen LogP contribution in [-0.2, 0) is 0 Å². The molecule has 0 saturated carbocycles. The Morgan fingerprint density at radius 1 is 0.188 bits per heavy atom. The van der Waals surface area contributed by atoms with E-state index in [0.717, 1.165) is 0 Å². The van der Waals surface area contributed by atoms with Crippen molar-refractivity contribution in [1.29, 1.82) is 0 Å². The first kappa shape index (κ1) is 26.9. The molecule has 0 N–H and O–H groups in total. The van der Waals surface area contributed by atoms with Crippen LogP contribution in [-0.4, -0.2) is 0 Å². The van der Waals surface area contributed by atoms with E-state index < -0.39 is 0 Å². The lowest BCUT2D eigenvalue weighted by Crippen LogP contribution is -1.92. The lowest BCUT2D eigenvalue weighted by atomic mass is 9.84. The van der Waals surface area contributed by atoms with Gasteiger partial charge in [-0.15, -0.1) is 0 Å². The van der Waals surface area contributed by atoms with E-state index in [1.807, 2.05) is 0 Å². The van der Waals surface area contributed by atoms with Gasteiger partial charge in [0.05, 0.1) is 0 Å². The molecule has 10 aromatic carbocycles. The van der Waals surface area contributed by atoms with E-state index in [1.54, 1.807) is 0 Å². The molecule has 0 aliphatic heterocycles. The summed E-state index contributed by atoms with van der Waals surface area (Å²) in [5, 5.41) is 15.1. The Morgan fingerprint density at radius 2 is 0.375 bits per heavy atom. The van der Waals surface area contributed by atoms with E-state index in [1.165, 1.54) is 98.0 Å². The molecule has 10 rings (SSSR count). The molecule has 0 aliphatic carbocycles. The zero-order chi connectivity index (χ0) is 31.6. The van der Waals surface area contributed by atoms with Gasteiger partial charge in [-0.1, -0.05) is 146 Å². The van der Waals surface area contributed by atoms with Crippen molar-refractivity contribution >= 4 is 64.6 Å². The highest BCUT2D eigenvalue weighted by Gasteiger charge is 2.18. The molecule has 48 heavy (non-hydrogen) atoms. The van der Waals surface area contributed by atoms with Gasteiger partial charge in [0.1, 0.15) is 0 Å². The van der Waals surface area contributed by atoms with E-state index in [9.17, 15) is 0 Å². The molecule has 0 saturated heterocycles. The topological polar surface area (TPSA) is 0 Å². The Bertz CT molecular complexity index is 2400. The van der Waals surface area contributed by atoms with E-state index in [4.69, 9.17) is 0 Å². The van der Waals surface area contributed by atoms with Crippen molar-refractivity contribution in [3.63, 3.8) is 0 Å². The monoisotopic (exact) mass is 606 g/mol. The van der Waals surface area contributed by atoms with Crippen LogP contribution in [0, 0.1) is 0 Å². The fourth-order valence-electron chi connectivity index (χ4n) is 8.03. The molecule has 0 unspecified atom stereocenters. The summed E-state index contributed by atoms with van der Waals surface area (Å²) in [6, 6.07) is 67.4. The van der Waals surface area contributed by atoms with Gasteiger partial charge in [-0.2, -0.15) is 0 Å². The Balaban J connectivity index is 1.41. The van der Waals surface area contributed by atoms with Crippen LogP contribution in [0.2, 0.25) is 0 Å². The maximum atomic E-state index is 2.44. The number of rotatable bonds is 3. The van der Waals surface area contributed by atoms with Gasteiger partial charge in [0.2, 0.25) is 0 Å². The number of hydrogen-bond donors (Lipinski definition) is 0. The van der Waals surface area contributed by atoms with E-state index >= 15 is 0 Å². The zero-order valence-corrected chi connectivity index (χ0v) is 26.3. The highest BCUT2D eigenvalue weighted by molar-refractivity contribution is 6.18. The molecule has 0 bridgehead atoms. The van der Waals surface area contributed by atoms with E-state index in [-0.39, 0.29) is 0 Å². The molecule has 222 valence electrons. The van der Waals surface area contributed by atoms with Gasteiger partial charge in [0.15, 0.2) is 0 Å². The summed E-state index contributed by atoms with van der Waals surface area (Å²) in [6.45, 7) is 0.